The first-order chi connectivity index (χ1) is 11.7. The largest absolute Gasteiger partial charge is 0.343 e. The summed E-state index contributed by atoms with van der Waals surface area (Å²) in [4.78, 5) is 28.6. The number of benzene rings is 1. The van der Waals surface area contributed by atoms with Gasteiger partial charge < -0.3 is 15.1 Å². The van der Waals surface area contributed by atoms with Crippen LogP contribution in [-0.2, 0) is 9.59 Å². The molecule has 24 heavy (non-hydrogen) atoms. The van der Waals surface area contributed by atoms with Crippen LogP contribution < -0.4 is 10.2 Å². The molecule has 0 spiro atoms. The quantitative estimate of drug-likeness (QED) is 0.919. The van der Waals surface area contributed by atoms with Gasteiger partial charge in [0, 0.05) is 37.7 Å². The van der Waals surface area contributed by atoms with Gasteiger partial charge in [0.05, 0.1) is 6.04 Å². The van der Waals surface area contributed by atoms with Crippen LogP contribution >= 0.6 is 0 Å². The smallest absolute Gasteiger partial charge is 0.244 e. The molecule has 0 saturated carbocycles. The van der Waals surface area contributed by atoms with Crippen molar-refractivity contribution in [3.63, 3.8) is 0 Å². The summed E-state index contributed by atoms with van der Waals surface area (Å²) in [6, 6.07) is 8.23. The molecular weight excluding hydrogens is 302 g/mol. The van der Waals surface area contributed by atoms with Crippen LogP contribution in [0.15, 0.2) is 24.3 Å². The monoisotopic (exact) mass is 327 g/mol. The molecule has 3 heterocycles. The number of para-hydroxylation sites is 1. The van der Waals surface area contributed by atoms with E-state index < -0.39 is 0 Å². The van der Waals surface area contributed by atoms with Gasteiger partial charge in [0.25, 0.3) is 0 Å². The molecule has 0 unspecified atom stereocenters. The second kappa shape index (κ2) is 6.55. The van der Waals surface area contributed by atoms with Crippen molar-refractivity contribution in [2.24, 2.45) is 0 Å². The van der Waals surface area contributed by atoms with E-state index >= 15 is 0 Å². The minimum absolute atomic E-state index is 0.0306. The van der Waals surface area contributed by atoms with E-state index in [1.54, 1.807) is 0 Å². The lowest BCUT2D eigenvalue weighted by Crippen LogP contribution is -2.43. The third-order valence-corrected chi connectivity index (χ3v) is 5.61. The van der Waals surface area contributed by atoms with Crippen molar-refractivity contribution in [1.29, 1.82) is 0 Å². The van der Waals surface area contributed by atoms with Crippen molar-refractivity contribution < 1.29 is 9.59 Å². The molecule has 1 aromatic carbocycles. The van der Waals surface area contributed by atoms with Crippen molar-refractivity contribution in [2.75, 3.05) is 31.1 Å². The van der Waals surface area contributed by atoms with E-state index in [9.17, 15) is 9.59 Å². The minimum Gasteiger partial charge on any atom is -0.343 e. The Kier molecular flexibility index (Phi) is 4.27. The van der Waals surface area contributed by atoms with Crippen LogP contribution in [0, 0.1) is 0 Å². The molecule has 2 amide bonds. The number of nitrogens with one attached hydrogen (secondary N) is 1. The van der Waals surface area contributed by atoms with E-state index in [1.807, 2.05) is 15.9 Å². The molecule has 3 aliphatic heterocycles. The summed E-state index contributed by atoms with van der Waals surface area (Å²) in [6.07, 6.45) is 4.62. The zero-order valence-corrected chi connectivity index (χ0v) is 14.0. The highest BCUT2D eigenvalue weighted by molar-refractivity contribution is 5.99. The molecule has 0 aromatic heterocycles. The fraction of sp³-hybridized carbons (Fsp3) is 0.579. The van der Waals surface area contributed by atoms with E-state index in [-0.39, 0.29) is 17.9 Å². The lowest BCUT2D eigenvalue weighted by molar-refractivity contribution is -0.127. The first-order valence-corrected chi connectivity index (χ1v) is 9.15. The van der Waals surface area contributed by atoms with Crippen LogP contribution in [0.4, 0.5) is 5.69 Å². The zero-order valence-electron chi connectivity index (χ0n) is 14.0. The van der Waals surface area contributed by atoms with Gasteiger partial charge in [-0.15, -0.1) is 0 Å². The maximum Gasteiger partial charge on any atom is 0.244 e. The van der Waals surface area contributed by atoms with E-state index in [2.05, 4.69) is 23.5 Å². The molecular formula is C19H25N3O2. The second-order valence-corrected chi connectivity index (χ2v) is 7.13. The Morgan fingerprint density at radius 2 is 2.12 bits per heavy atom. The molecule has 2 saturated heterocycles. The molecule has 3 aliphatic rings. The van der Waals surface area contributed by atoms with Gasteiger partial charge in [0.1, 0.15) is 0 Å². The van der Waals surface area contributed by atoms with Crippen LogP contribution in [0.2, 0.25) is 0 Å². The SMILES string of the molecule is O=C1CCCN1CC[C@@H]1CN(C(=O)[C@@H]2CCCN2)c2ccccc21. The molecule has 2 atom stereocenters. The molecule has 5 nitrogen and oxygen atoms in total. The van der Waals surface area contributed by atoms with Gasteiger partial charge >= 0.3 is 0 Å². The number of amides is 2. The van der Waals surface area contributed by atoms with Crippen LogP contribution in [0.3, 0.4) is 0 Å². The predicted octanol–water partition coefficient (Wildman–Crippen LogP) is 1.88. The number of carbonyl (C=O) groups excluding carboxylic acids is 2. The molecule has 5 heteroatoms. The van der Waals surface area contributed by atoms with Crippen LogP contribution in [-0.4, -0.2) is 48.9 Å². The highest BCUT2D eigenvalue weighted by Crippen LogP contribution is 2.38. The van der Waals surface area contributed by atoms with Gasteiger partial charge in [-0.05, 0) is 43.9 Å². The average Bonchev–Trinajstić information content (AvgIpc) is 3.33. The summed E-state index contributed by atoms with van der Waals surface area (Å²) in [5.41, 5.74) is 2.32. The van der Waals surface area contributed by atoms with E-state index in [4.69, 9.17) is 0 Å². The Hall–Kier alpha value is -1.88. The number of anilines is 1. The fourth-order valence-electron chi connectivity index (χ4n) is 4.29. The third-order valence-electron chi connectivity index (χ3n) is 5.61. The van der Waals surface area contributed by atoms with Crippen LogP contribution in [0.25, 0.3) is 0 Å². The van der Waals surface area contributed by atoms with Gasteiger partial charge in [0.2, 0.25) is 11.8 Å². The summed E-state index contributed by atoms with van der Waals surface area (Å²) >= 11 is 0. The van der Waals surface area contributed by atoms with Crippen molar-refractivity contribution in [3.8, 4) is 0 Å². The molecule has 0 bridgehead atoms. The summed E-state index contributed by atoms with van der Waals surface area (Å²) < 4.78 is 0. The summed E-state index contributed by atoms with van der Waals surface area (Å²) in [7, 11) is 0. The number of rotatable bonds is 4. The molecule has 2 fully saturated rings. The van der Waals surface area contributed by atoms with Gasteiger partial charge in [-0.1, -0.05) is 18.2 Å². The average molecular weight is 327 g/mol. The normalized spacial score (nSPS) is 26.2. The number of hydrogen-bond acceptors (Lipinski definition) is 3. The molecule has 4 rings (SSSR count). The lowest BCUT2D eigenvalue weighted by Gasteiger charge is -2.22. The lowest BCUT2D eigenvalue weighted by atomic mass is 9.98. The van der Waals surface area contributed by atoms with Crippen molar-refractivity contribution >= 4 is 17.5 Å². The highest BCUT2D eigenvalue weighted by atomic mass is 16.2. The molecule has 128 valence electrons. The first-order valence-electron chi connectivity index (χ1n) is 9.15. The standard InChI is InChI=1S/C19H25N3O2/c23-18-8-4-11-21(18)12-9-14-13-22(17-7-2-1-5-15(14)17)19(24)16-6-3-10-20-16/h1-2,5,7,14,16,20H,3-4,6,8-13H2/t14-,16+/m1/s1. The van der Waals surface area contributed by atoms with Gasteiger partial charge in [-0.25, -0.2) is 0 Å². The Labute approximate surface area is 143 Å². The Balaban J connectivity index is 1.48. The first kappa shape index (κ1) is 15.6. The topological polar surface area (TPSA) is 52.7 Å². The number of fused-ring (bicyclic) bond motifs is 1. The van der Waals surface area contributed by atoms with E-state index in [0.717, 1.165) is 57.5 Å². The Morgan fingerprint density at radius 1 is 1.25 bits per heavy atom. The highest BCUT2D eigenvalue weighted by Gasteiger charge is 2.36. The maximum absolute atomic E-state index is 12.9. The molecule has 0 radical (unpaired) electrons. The van der Waals surface area contributed by atoms with Gasteiger partial charge in [-0.2, -0.15) is 0 Å². The van der Waals surface area contributed by atoms with Crippen molar-refractivity contribution in [2.45, 2.75) is 44.1 Å². The van der Waals surface area contributed by atoms with Gasteiger partial charge in [-0.3, -0.25) is 9.59 Å². The zero-order chi connectivity index (χ0) is 16.5. The predicted molar refractivity (Wildman–Crippen MR) is 93.0 cm³/mol. The number of hydrogen-bond donors (Lipinski definition) is 1. The summed E-state index contributed by atoms with van der Waals surface area (Å²) in [5, 5.41) is 3.32. The number of nitrogens with zero attached hydrogens (tertiary/aromatic N) is 2. The molecule has 1 N–H and O–H groups in total. The summed E-state index contributed by atoms with van der Waals surface area (Å²) in [5.74, 6) is 0.823. The van der Waals surface area contributed by atoms with E-state index in [0.29, 0.717) is 12.3 Å². The van der Waals surface area contributed by atoms with Gasteiger partial charge in [0.15, 0.2) is 0 Å². The Morgan fingerprint density at radius 3 is 2.88 bits per heavy atom. The third kappa shape index (κ3) is 2.81. The van der Waals surface area contributed by atoms with E-state index in [1.165, 1.54) is 5.56 Å². The fourth-order valence-corrected chi connectivity index (χ4v) is 4.29. The molecule has 0 aliphatic carbocycles. The van der Waals surface area contributed by atoms with Crippen molar-refractivity contribution in [3.05, 3.63) is 29.8 Å². The Bertz CT molecular complexity index is 639. The number of likely N-dealkylation sites (tertiary alicyclic amines) is 1. The maximum atomic E-state index is 12.9. The molecule has 1 aromatic rings. The van der Waals surface area contributed by atoms with Crippen LogP contribution in [0.1, 0.15) is 43.6 Å². The minimum atomic E-state index is -0.0306. The van der Waals surface area contributed by atoms with Crippen molar-refractivity contribution in [1.82, 2.24) is 10.2 Å². The summed E-state index contributed by atoms with van der Waals surface area (Å²) in [6.45, 7) is 3.38. The number of carbonyl (C=O) groups is 2. The second-order valence-electron chi connectivity index (χ2n) is 7.13. The van der Waals surface area contributed by atoms with Crippen LogP contribution in [0.5, 0.6) is 0 Å².